The van der Waals surface area contributed by atoms with Gasteiger partial charge in [0.05, 0.1) is 22.1 Å². The van der Waals surface area contributed by atoms with Crippen LogP contribution in [0.4, 0.5) is 22.7 Å². The van der Waals surface area contributed by atoms with E-state index in [0.717, 1.165) is 67.5 Å². The quantitative estimate of drug-likeness (QED) is 0.139. The summed E-state index contributed by atoms with van der Waals surface area (Å²) >= 11 is 0. The SMILES string of the molecule is C=C(C)C(=O)Nc1ccc(-c2ccc(N(c3ccc(-c4ccc(-n5c6ccccc6c6ccccc65)cc4)cc3)c3ccc(-c4ccc(-n5c6ccccc6c6ccccc65)cc4)cc3)cc2)cc1. The van der Waals surface area contributed by atoms with Crippen LogP contribution in [-0.4, -0.2) is 15.0 Å². The third-order valence-electron chi connectivity index (χ3n) is 13.3. The maximum absolute atomic E-state index is 12.2. The Morgan fingerprint density at radius 3 is 0.913 bits per heavy atom. The number of fused-ring (bicyclic) bond motifs is 6. The van der Waals surface area contributed by atoms with E-state index in [9.17, 15) is 4.79 Å². The summed E-state index contributed by atoms with van der Waals surface area (Å²) in [7, 11) is 0. The minimum absolute atomic E-state index is 0.185. The maximum atomic E-state index is 12.2. The summed E-state index contributed by atoms with van der Waals surface area (Å²) in [6, 6.07) is 86.6. The first-order valence-corrected chi connectivity index (χ1v) is 23.3. The zero-order valence-corrected chi connectivity index (χ0v) is 38.1. The Hall–Kier alpha value is -9.19. The van der Waals surface area contributed by atoms with Gasteiger partial charge in [-0.05, 0) is 137 Å². The van der Waals surface area contributed by atoms with Gasteiger partial charge in [-0.3, -0.25) is 4.79 Å². The maximum Gasteiger partial charge on any atom is 0.250 e. The van der Waals surface area contributed by atoms with Gasteiger partial charge in [0.1, 0.15) is 0 Å². The van der Waals surface area contributed by atoms with Gasteiger partial charge in [0.15, 0.2) is 0 Å². The monoisotopic (exact) mass is 886 g/mol. The predicted molar refractivity (Wildman–Crippen MR) is 290 cm³/mol. The average molecular weight is 887 g/mol. The van der Waals surface area contributed by atoms with E-state index in [4.69, 9.17) is 0 Å². The molecule has 69 heavy (non-hydrogen) atoms. The summed E-state index contributed by atoms with van der Waals surface area (Å²) in [4.78, 5) is 14.5. The molecule has 1 amide bonds. The summed E-state index contributed by atoms with van der Waals surface area (Å²) < 4.78 is 4.71. The molecule has 0 saturated heterocycles. The van der Waals surface area contributed by atoms with Gasteiger partial charge >= 0.3 is 0 Å². The standard InChI is InChI=1S/C64H46N4O/c1-43(2)64(69)65-50-31-19-44(20-32-50)45-21-33-51(34-22-45)66(52-35-23-46(24-36-52)48-27-39-54(40-28-48)67-60-15-7-3-11-56(60)57-12-4-8-16-61(57)67)53-37-25-47(26-38-53)49-29-41-55(42-30-49)68-62-17-9-5-13-58(62)59-14-6-10-18-63(59)68/h3-42H,1H2,2H3,(H,65,69). The van der Waals surface area contributed by atoms with Crippen LogP contribution in [0.5, 0.6) is 0 Å². The second kappa shape index (κ2) is 17.2. The molecule has 10 aromatic carbocycles. The summed E-state index contributed by atoms with van der Waals surface area (Å²) in [6.07, 6.45) is 0. The van der Waals surface area contributed by atoms with Crippen molar-refractivity contribution in [2.75, 3.05) is 10.2 Å². The number of hydrogen-bond donors (Lipinski definition) is 1. The molecule has 2 heterocycles. The Bertz CT molecular complexity index is 3550. The summed E-state index contributed by atoms with van der Waals surface area (Å²) in [6.45, 7) is 5.46. The molecule has 0 spiro atoms. The van der Waals surface area contributed by atoms with Gasteiger partial charge in [0.2, 0.25) is 0 Å². The van der Waals surface area contributed by atoms with Gasteiger partial charge in [0.25, 0.3) is 5.91 Å². The van der Waals surface area contributed by atoms with Crippen LogP contribution in [0.2, 0.25) is 0 Å². The minimum Gasteiger partial charge on any atom is -0.322 e. The normalized spacial score (nSPS) is 11.4. The van der Waals surface area contributed by atoms with E-state index in [1.54, 1.807) is 6.92 Å². The topological polar surface area (TPSA) is 42.2 Å². The average Bonchev–Trinajstić information content (AvgIpc) is 3.93. The van der Waals surface area contributed by atoms with Crippen molar-refractivity contribution in [1.29, 1.82) is 0 Å². The Labute approximate surface area is 401 Å². The molecule has 0 aliphatic rings. The fourth-order valence-corrected chi connectivity index (χ4v) is 9.85. The molecule has 0 saturated carbocycles. The van der Waals surface area contributed by atoms with Crippen LogP contribution in [0, 0.1) is 0 Å². The Morgan fingerprint density at radius 2 is 0.623 bits per heavy atom. The second-order valence-corrected chi connectivity index (χ2v) is 17.6. The van der Waals surface area contributed by atoms with Crippen molar-refractivity contribution in [2.24, 2.45) is 0 Å². The molecular formula is C64H46N4O. The van der Waals surface area contributed by atoms with Gasteiger partial charge in [0, 0.05) is 61.2 Å². The second-order valence-electron chi connectivity index (χ2n) is 17.6. The van der Waals surface area contributed by atoms with Crippen LogP contribution in [0.15, 0.2) is 255 Å². The summed E-state index contributed by atoms with van der Waals surface area (Å²) in [5, 5.41) is 7.93. The van der Waals surface area contributed by atoms with Crippen molar-refractivity contribution < 1.29 is 4.79 Å². The van der Waals surface area contributed by atoms with E-state index in [1.807, 2.05) is 24.3 Å². The molecule has 12 aromatic rings. The Morgan fingerprint density at radius 1 is 0.362 bits per heavy atom. The van der Waals surface area contributed by atoms with E-state index in [2.05, 4.69) is 244 Å². The summed E-state index contributed by atoms with van der Waals surface area (Å²) in [5.41, 5.74) is 18.2. The van der Waals surface area contributed by atoms with Gasteiger partial charge in [-0.1, -0.05) is 152 Å². The van der Waals surface area contributed by atoms with Crippen LogP contribution in [-0.2, 0) is 4.79 Å². The van der Waals surface area contributed by atoms with Crippen molar-refractivity contribution in [2.45, 2.75) is 6.92 Å². The lowest BCUT2D eigenvalue weighted by Crippen LogP contribution is -2.11. The smallest absolute Gasteiger partial charge is 0.250 e. The molecule has 5 heteroatoms. The van der Waals surface area contributed by atoms with E-state index in [0.29, 0.717) is 5.57 Å². The lowest BCUT2D eigenvalue weighted by atomic mass is 10.0. The molecule has 2 aromatic heterocycles. The molecule has 0 radical (unpaired) electrons. The Balaban J connectivity index is 0.857. The van der Waals surface area contributed by atoms with Gasteiger partial charge < -0.3 is 19.4 Å². The first-order chi connectivity index (χ1) is 33.9. The number of carbonyl (C=O) groups excluding carboxylic acids is 1. The molecule has 1 N–H and O–H groups in total. The lowest BCUT2D eigenvalue weighted by molar-refractivity contribution is -0.112. The van der Waals surface area contributed by atoms with E-state index in [-0.39, 0.29) is 5.91 Å². The number of aromatic nitrogens is 2. The highest BCUT2D eigenvalue weighted by Crippen LogP contribution is 2.39. The van der Waals surface area contributed by atoms with Crippen LogP contribution in [0.25, 0.3) is 88.4 Å². The number of benzene rings is 10. The molecule has 0 bridgehead atoms. The van der Waals surface area contributed by atoms with Crippen LogP contribution in [0.1, 0.15) is 6.92 Å². The molecule has 5 nitrogen and oxygen atoms in total. The molecule has 0 unspecified atom stereocenters. The summed E-state index contributed by atoms with van der Waals surface area (Å²) in [5.74, 6) is -0.185. The highest BCUT2D eigenvalue weighted by Gasteiger charge is 2.17. The highest BCUT2D eigenvalue weighted by molar-refractivity contribution is 6.10. The van der Waals surface area contributed by atoms with Crippen LogP contribution in [0.3, 0.4) is 0 Å². The van der Waals surface area contributed by atoms with Crippen molar-refractivity contribution in [3.63, 3.8) is 0 Å². The predicted octanol–water partition coefficient (Wildman–Crippen LogP) is 16.9. The number of hydrogen-bond acceptors (Lipinski definition) is 2. The molecule has 12 rings (SSSR count). The van der Waals surface area contributed by atoms with Crippen molar-refractivity contribution in [1.82, 2.24) is 9.13 Å². The molecule has 0 aliphatic heterocycles. The third-order valence-corrected chi connectivity index (χ3v) is 13.3. The molecular weight excluding hydrogens is 841 g/mol. The van der Waals surface area contributed by atoms with Crippen molar-refractivity contribution in [3.05, 3.63) is 255 Å². The number of nitrogens with one attached hydrogen (secondary N) is 1. The number of anilines is 4. The fraction of sp³-hybridized carbons (Fsp3) is 0.0156. The number of rotatable bonds is 10. The minimum atomic E-state index is -0.185. The Kier molecular flexibility index (Phi) is 10.3. The lowest BCUT2D eigenvalue weighted by Gasteiger charge is -2.26. The largest absolute Gasteiger partial charge is 0.322 e. The first-order valence-electron chi connectivity index (χ1n) is 23.3. The molecule has 328 valence electrons. The number of carbonyl (C=O) groups is 1. The number of amides is 1. The molecule has 0 fully saturated rings. The molecule has 0 aliphatic carbocycles. The van der Waals surface area contributed by atoms with E-state index >= 15 is 0 Å². The van der Waals surface area contributed by atoms with E-state index < -0.39 is 0 Å². The molecule has 0 atom stereocenters. The highest BCUT2D eigenvalue weighted by atomic mass is 16.1. The third kappa shape index (κ3) is 7.53. The zero-order valence-electron chi connectivity index (χ0n) is 38.1. The fourth-order valence-electron chi connectivity index (χ4n) is 9.85. The van der Waals surface area contributed by atoms with E-state index in [1.165, 1.54) is 43.6 Å². The van der Waals surface area contributed by atoms with Crippen molar-refractivity contribution >= 4 is 72.3 Å². The van der Waals surface area contributed by atoms with Gasteiger partial charge in [-0.2, -0.15) is 0 Å². The van der Waals surface area contributed by atoms with Crippen LogP contribution < -0.4 is 10.2 Å². The van der Waals surface area contributed by atoms with Crippen LogP contribution >= 0.6 is 0 Å². The zero-order chi connectivity index (χ0) is 46.4. The van der Waals surface area contributed by atoms with Crippen molar-refractivity contribution in [3.8, 4) is 44.8 Å². The first kappa shape index (κ1) is 41.3. The number of para-hydroxylation sites is 4. The number of nitrogens with zero attached hydrogens (tertiary/aromatic N) is 3. The van der Waals surface area contributed by atoms with Gasteiger partial charge in [-0.25, -0.2) is 0 Å². The van der Waals surface area contributed by atoms with Gasteiger partial charge in [-0.15, -0.1) is 0 Å².